The van der Waals surface area contributed by atoms with Gasteiger partial charge >= 0.3 is 5.97 Å². The number of H-pyrrole nitrogens is 1. The minimum absolute atomic E-state index is 0.0666. The third kappa shape index (κ3) is 3.21. The molecule has 3 aromatic rings. The molecular weight excluding hydrogens is 322 g/mol. The van der Waals surface area contributed by atoms with Crippen molar-refractivity contribution in [1.82, 2.24) is 15.3 Å². The quantitative estimate of drug-likeness (QED) is 0.548. The number of benzene rings is 1. The number of rotatable bonds is 5. The maximum Gasteiger partial charge on any atom is 0.307 e. The standard InChI is InChI=1S/C18H17N3O4/c1-10(22)16-17-12(11-5-3-4-6-13(11)20-17)9-14(21-16)18(24)19-8-7-15(23)25-2/h3-6,9,20H,7-8H2,1-2H3,(H,19,24). The van der Waals surface area contributed by atoms with Crippen molar-refractivity contribution in [3.8, 4) is 0 Å². The third-order valence-electron chi connectivity index (χ3n) is 3.90. The highest BCUT2D eigenvalue weighted by Crippen LogP contribution is 2.27. The van der Waals surface area contributed by atoms with Gasteiger partial charge in [0.05, 0.1) is 19.0 Å². The Morgan fingerprint density at radius 3 is 2.68 bits per heavy atom. The molecule has 0 bridgehead atoms. The Morgan fingerprint density at radius 2 is 1.96 bits per heavy atom. The summed E-state index contributed by atoms with van der Waals surface area (Å²) in [6, 6.07) is 9.24. The number of ether oxygens (including phenoxy) is 1. The zero-order valence-corrected chi connectivity index (χ0v) is 13.9. The molecule has 0 saturated carbocycles. The number of fused-ring (bicyclic) bond motifs is 3. The molecule has 2 N–H and O–H groups in total. The lowest BCUT2D eigenvalue weighted by Crippen LogP contribution is -2.27. The van der Waals surface area contributed by atoms with Crippen molar-refractivity contribution in [3.63, 3.8) is 0 Å². The minimum Gasteiger partial charge on any atom is -0.469 e. The average molecular weight is 339 g/mol. The smallest absolute Gasteiger partial charge is 0.307 e. The maximum atomic E-state index is 12.3. The maximum absolute atomic E-state index is 12.3. The number of ketones is 1. The number of para-hydroxylation sites is 1. The van der Waals surface area contributed by atoms with Gasteiger partial charge in [0.15, 0.2) is 5.78 Å². The highest BCUT2D eigenvalue weighted by atomic mass is 16.5. The first-order valence-electron chi connectivity index (χ1n) is 7.78. The van der Waals surface area contributed by atoms with Crippen LogP contribution in [0.25, 0.3) is 21.8 Å². The molecule has 0 aliphatic rings. The van der Waals surface area contributed by atoms with Crippen molar-refractivity contribution in [2.45, 2.75) is 13.3 Å². The van der Waals surface area contributed by atoms with E-state index >= 15 is 0 Å². The summed E-state index contributed by atoms with van der Waals surface area (Å²) in [6.07, 6.45) is 0.0666. The van der Waals surface area contributed by atoms with Gasteiger partial charge in [-0.3, -0.25) is 14.4 Å². The molecule has 2 heterocycles. The molecule has 0 radical (unpaired) electrons. The van der Waals surface area contributed by atoms with Crippen molar-refractivity contribution in [2.24, 2.45) is 0 Å². The molecule has 1 amide bonds. The lowest BCUT2D eigenvalue weighted by atomic mass is 10.1. The molecule has 1 aromatic carbocycles. The molecule has 0 aliphatic heterocycles. The normalized spacial score (nSPS) is 10.8. The summed E-state index contributed by atoms with van der Waals surface area (Å²) >= 11 is 0. The highest BCUT2D eigenvalue weighted by Gasteiger charge is 2.18. The predicted molar refractivity (Wildman–Crippen MR) is 92.6 cm³/mol. The lowest BCUT2D eigenvalue weighted by molar-refractivity contribution is -0.140. The minimum atomic E-state index is -0.446. The molecule has 7 heteroatoms. The molecule has 128 valence electrons. The van der Waals surface area contributed by atoms with Crippen LogP contribution in [-0.4, -0.2) is 41.3 Å². The van der Waals surface area contributed by atoms with Crippen molar-refractivity contribution >= 4 is 39.5 Å². The van der Waals surface area contributed by atoms with Crippen LogP contribution in [0, 0.1) is 0 Å². The number of nitrogens with one attached hydrogen (secondary N) is 2. The second kappa shape index (κ2) is 6.72. The van der Waals surface area contributed by atoms with Crippen LogP contribution in [0.3, 0.4) is 0 Å². The van der Waals surface area contributed by atoms with Crippen LogP contribution in [0.2, 0.25) is 0 Å². The fourth-order valence-electron chi connectivity index (χ4n) is 2.69. The van der Waals surface area contributed by atoms with E-state index in [1.54, 1.807) is 6.07 Å². The van der Waals surface area contributed by atoms with E-state index in [9.17, 15) is 14.4 Å². The van der Waals surface area contributed by atoms with Crippen LogP contribution < -0.4 is 5.32 Å². The van der Waals surface area contributed by atoms with Crippen LogP contribution in [0.4, 0.5) is 0 Å². The van der Waals surface area contributed by atoms with E-state index in [4.69, 9.17) is 0 Å². The zero-order chi connectivity index (χ0) is 18.0. The SMILES string of the molecule is COC(=O)CCNC(=O)c1cc2c([nH]c3ccccc32)c(C(C)=O)n1. The molecule has 2 aromatic heterocycles. The summed E-state index contributed by atoms with van der Waals surface area (Å²) in [6.45, 7) is 1.54. The largest absolute Gasteiger partial charge is 0.469 e. The van der Waals surface area contributed by atoms with E-state index in [0.29, 0.717) is 5.52 Å². The number of hydrogen-bond donors (Lipinski definition) is 2. The van der Waals surface area contributed by atoms with Crippen molar-refractivity contribution in [1.29, 1.82) is 0 Å². The van der Waals surface area contributed by atoms with Gasteiger partial charge in [0.1, 0.15) is 11.4 Å². The predicted octanol–water partition coefficient (Wildman–Crippen LogP) is 2.21. The van der Waals surface area contributed by atoms with Crippen LogP contribution in [-0.2, 0) is 9.53 Å². The summed E-state index contributed by atoms with van der Waals surface area (Å²) in [5.74, 6) is -1.09. The molecule has 0 spiro atoms. The van der Waals surface area contributed by atoms with Gasteiger partial charge in [0.2, 0.25) is 0 Å². The summed E-state index contributed by atoms with van der Waals surface area (Å²) in [5.41, 5.74) is 1.82. The fourth-order valence-corrected chi connectivity index (χ4v) is 2.69. The summed E-state index contributed by atoms with van der Waals surface area (Å²) < 4.78 is 4.53. The lowest BCUT2D eigenvalue weighted by Gasteiger charge is -2.06. The molecule has 3 rings (SSSR count). The van der Waals surface area contributed by atoms with Gasteiger partial charge in [-0.2, -0.15) is 0 Å². The molecule has 0 unspecified atom stereocenters. The summed E-state index contributed by atoms with van der Waals surface area (Å²) in [5, 5.41) is 4.28. The van der Waals surface area contributed by atoms with Crippen molar-refractivity contribution < 1.29 is 19.1 Å². The Kier molecular flexibility index (Phi) is 4.47. The number of hydrogen-bond acceptors (Lipinski definition) is 5. The van der Waals surface area contributed by atoms with E-state index in [2.05, 4.69) is 20.0 Å². The highest BCUT2D eigenvalue weighted by molar-refractivity contribution is 6.15. The van der Waals surface area contributed by atoms with Gasteiger partial charge in [-0.1, -0.05) is 18.2 Å². The number of carbonyl (C=O) groups excluding carboxylic acids is 3. The first-order chi connectivity index (χ1) is 12.0. The molecule has 7 nitrogen and oxygen atoms in total. The van der Waals surface area contributed by atoms with Gasteiger partial charge < -0.3 is 15.0 Å². The third-order valence-corrected chi connectivity index (χ3v) is 3.90. The molecular formula is C18H17N3O4. The zero-order valence-electron chi connectivity index (χ0n) is 13.9. The van der Waals surface area contributed by atoms with Crippen molar-refractivity contribution in [2.75, 3.05) is 13.7 Å². The first-order valence-corrected chi connectivity index (χ1v) is 7.78. The number of amides is 1. The van der Waals surface area contributed by atoms with Crippen LogP contribution in [0.5, 0.6) is 0 Å². The molecule has 0 saturated heterocycles. The Labute approximate surface area is 143 Å². The molecule has 0 aliphatic carbocycles. The monoisotopic (exact) mass is 339 g/mol. The number of methoxy groups -OCH3 is 1. The summed E-state index contributed by atoms with van der Waals surface area (Å²) in [7, 11) is 1.29. The van der Waals surface area contributed by atoms with E-state index in [1.807, 2.05) is 24.3 Å². The number of aromatic nitrogens is 2. The molecule has 25 heavy (non-hydrogen) atoms. The first kappa shape index (κ1) is 16.6. The number of aromatic amines is 1. The number of Topliss-reactive ketones (excluding diaryl/α,β-unsaturated/α-hetero) is 1. The van der Waals surface area contributed by atoms with Gasteiger partial charge in [0.25, 0.3) is 5.91 Å². The van der Waals surface area contributed by atoms with E-state index in [1.165, 1.54) is 14.0 Å². The average Bonchev–Trinajstić information content (AvgIpc) is 2.99. The van der Waals surface area contributed by atoms with Gasteiger partial charge in [-0.25, -0.2) is 4.98 Å². The second-order valence-corrected chi connectivity index (χ2v) is 5.59. The van der Waals surface area contributed by atoms with Gasteiger partial charge in [0, 0.05) is 29.8 Å². The van der Waals surface area contributed by atoms with E-state index < -0.39 is 11.9 Å². The number of nitrogens with zero attached hydrogens (tertiary/aromatic N) is 1. The number of carbonyl (C=O) groups is 3. The van der Waals surface area contributed by atoms with Crippen LogP contribution in [0.1, 0.15) is 34.3 Å². The van der Waals surface area contributed by atoms with Gasteiger partial charge in [-0.05, 0) is 12.1 Å². The summed E-state index contributed by atoms with van der Waals surface area (Å²) in [4.78, 5) is 42.8. The van der Waals surface area contributed by atoms with Gasteiger partial charge in [-0.15, -0.1) is 0 Å². The number of esters is 1. The van der Waals surface area contributed by atoms with E-state index in [0.717, 1.165) is 16.3 Å². The topological polar surface area (TPSA) is 101 Å². The van der Waals surface area contributed by atoms with E-state index in [-0.39, 0.29) is 30.1 Å². The second-order valence-electron chi connectivity index (χ2n) is 5.59. The molecule has 0 atom stereocenters. The van der Waals surface area contributed by atoms with Crippen LogP contribution in [0.15, 0.2) is 30.3 Å². The number of pyridine rings is 1. The fraction of sp³-hybridized carbons (Fsp3) is 0.222. The van der Waals surface area contributed by atoms with Crippen molar-refractivity contribution in [3.05, 3.63) is 41.7 Å². The Hall–Kier alpha value is -3.22. The molecule has 0 fully saturated rings. The Morgan fingerprint density at radius 1 is 1.20 bits per heavy atom. The van der Waals surface area contributed by atoms with Crippen LogP contribution >= 0.6 is 0 Å². The Bertz CT molecular complexity index is 991. The Balaban J connectivity index is 2.01.